The van der Waals surface area contributed by atoms with Crippen LogP contribution in [0.2, 0.25) is 0 Å². The summed E-state index contributed by atoms with van der Waals surface area (Å²) in [5.41, 5.74) is 11.7. The molecule has 0 spiro atoms. The van der Waals surface area contributed by atoms with E-state index >= 15 is 0 Å². The first-order valence-electron chi connectivity index (χ1n) is 8.07. The van der Waals surface area contributed by atoms with Gasteiger partial charge in [0.2, 0.25) is 0 Å². The molecule has 2 nitrogen and oxygen atoms in total. The minimum atomic E-state index is -0.114. The van der Waals surface area contributed by atoms with Crippen LogP contribution in [0.1, 0.15) is 75.9 Å². The molecule has 1 aliphatic heterocycles. The van der Waals surface area contributed by atoms with E-state index in [1.807, 2.05) is 13.8 Å². The molecule has 2 rings (SSSR count). The molecule has 0 radical (unpaired) electrons. The van der Waals surface area contributed by atoms with E-state index < -0.39 is 0 Å². The van der Waals surface area contributed by atoms with Crippen molar-refractivity contribution in [3.8, 4) is 0 Å². The average molecular weight is 288 g/mol. The van der Waals surface area contributed by atoms with Gasteiger partial charge >= 0.3 is 0 Å². The molecule has 0 bridgehead atoms. The first-order chi connectivity index (χ1) is 10.0. The standard InChI is InChI=1S/C14H18N2.C3H8.C2H6/c1-4-5-6-11-8-13-12(7-9(11)2)10(3)16-14(13)15;1-3-2;1-2/h5-8,14,16H,3-4,15H2,1-2H3;3H2,1-2H3;1-2H3/b6-5-;;. The van der Waals surface area contributed by atoms with Gasteiger partial charge in [0.1, 0.15) is 6.17 Å². The van der Waals surface area contributed by atoms with Gasteiger partial charge in [-0.1, -0.05) is 59.8 Å². The normalized spacial score (nSPS) is 15.6. The third-order valence-corrected chi connectivity index (χ3v) is 2.96. The fraction of sp³-hybridized carbons (Fsp3) is 0.474. The first kappa shape index (κ1) is 19.5. The maximum atomic E-state index is 5.99. The second kappa shape index (κ2) is 10.2. The molecule has 0 aromatic heterocycles. The monoisotopic (exact) mass is 288 g/mol. The number of benzene rings is 1. The third-order valence-electron chi connectivity index (χ3n) is 2.96. The van der Waals surface area contributed by atoms with Gasteiger partial charge in [-0.2, -0.15) is 0 Å². The molecule has 118 valence electrons. The van der Waals surface area contributed by atoms with Gasteiger partial charge in [0, 0.05) is 11.3 Å². The Labute approximate surface area is 131 Å². The topological polar surface area (TPSA) is 38.0 Å². The summed E-state index contributed by atoms with van der Waals surface area (Å²) in [5.74, 6) is 0. The van der Waals surface area contributed by atoms with E-state index in [2.05, 4.69) is 63.9 Å². The molecule has 0 aliphatic carbocycles. The van der Waals surface area contributed by atoms with Crippen LogP contribution in [0.25, 0.3) is 11.8 Å². The predicted octanol–water partition coefficient (Wildman–Crippen LogP) is 5.39. The van der Waals surface area contributed by atoms with Crippen molar-refractivity contribution in [3.05, 3.63) is 47.0 Å². The Kier molecular flexibility index (Phi) is 9.48. The molecule has 0 saturated heterocycles. The van der Waals surface area contributed by atoms with Crippen LogP contribution in [0.15, 0.2) is 24.8 Å². The first-order valence-corrected chi connectivity index (χ1v) is 8.07. The molecule has 0 amide bonds. The van der Waals surface area contributed by atoms with Crippen LogP contribution in [0.4, 0.5) is 0 Å². The fourth-order valence-corrected chi connectivity index (χ4v) is 2.03. The van der Waals surface area contributed by atoms with Crippen LogP contribution < -0.4 is 11.1 Å². The van der Waals surface area contributed by atoms with Crippen molar-refractivity contribution in [2.24, 2.45) is 5.73 Å². The summed E-state index contributed by atoms with van der Waals surface area (Å²) in [5, 5.41) is 3.15. The molecular weight excluding hydrogens is 256 g/mol. The smallest absolute Gasteiger partial charge is 0.101 e. The van der Waals surface area contributed by atoms with E-state index in [4.69, 9.17) is 5.73 Å². The van der Waals surface area contributed by atoms with E-state index in [0.29, 0.717) is 0 Å². The number of fused-ring (bicyclic) bond motifs is 1. The highest BCUT2D eigenvalue weighted by atomic mass is 15.1. The molecule has 1 heterocycles. The van der Waals surface area contributed by atoms with Crippen molar-refractivity contribution >= 4 is 11.8 Å². The minimum Gasteiger partial charge on any atom is -0.366 e. The molecule has 1 atom stereocenters. The lowest BCUT2D eigenvalue weighted by atomic mass is 9.98. The maximum Gasteiger partial charge on any atom is 0.101 e. The van der Waals surface area contributed by atoms with E-state index in [9.17, 15) is 0 Å². The largest absolute Gasteiger partial charge is 0.366 e. The summed E-state index contributed by atoms with van der Waals surface area (Å²) in [6, 6.07) is 4.32. The summed E-state index contributed by atoms with van der Waals surface area (Å²) >= 11 is 0. The van der Waals surface area contributed by atoms with Gasteiger partial charge < -0.3 is 11.1 Å². The third kappa shape index (κ3) is 5.39. The fourth-order valence-electron chi connectivity index (χ4n) is 2.03. The summed E-state index contributed by atoms with van der Waals surface area (Å²) in [6.07, 6.45) is 6.51. The van der Waals surface area contributed by atoms with Gasteiger partial charge in [-0.25, -0.2) is 0 Å². The molecule has 1 unspecified atom stereocenters. The van der Waals surface area contributed by atoms with Crippen LogP contribution in [0.5, 0.6) is 0 Å². The van der Waals surface area contributed by atoms with Crippen molar-refractivity contribution in [1.29, 1.82) is 0 Å². The lowest BCUT2D eigenvalue weighted by Crippen LogP contribution is -2.19. The molecular formula is C19H32N2. The van der Waals surface area contributed by atoms with Gasteiger partial charge in [-0.15, -0.1) is 0 Å². The van der Waals surface area contributed by atoms with Crippen LogP contribution in [0, 0.1) is 6.92 Å². The Morgan fingerprint density at radius 2 is 1.81 bits per heavy atom. The molecule has 1 aliphatic rings. The zero-order valence-corrected chi connectivity index (χ0v) is 14.6. The molecule has 21 heavy (non-hydrogen) atoms. The van der Waals surface area contributed by atoms with E-state index in [1.54, 1.807) is 0 Å². The average Bonchev–Trinajstić information content (AvgIpc) is 2.74. The second-order valence-electron chi connectivity index (χ2n) is 4.91. The molecule has 0 fully saturated rings. The predicted molar refractivity (Wildman–Crippen MR) is 96.9 cm³/mol. The Morgan fingerprint density at radius 3 is 2.33 bits per heavy atom. The second-order valence-corrected chi connectivity index (χ2v) is 4.91. The van der Waals surface area contributed by atoms with Crippen molar-refractivity contribution in [2.45, 2.75) is 60.5 Å². The zero-order valence-electron chi connectivity index (χ0n) is 14.6. The van der Waals surface area contributed by atoms with Crippen molar-refractivity contribution in [1.82, 2.24) is 5.32 Å². The van der Waals surface area contributed by atoms with Gasteiger partial charge in [0.15, 0.2) is 0 Å². The highest BCUT2D eigenvalue weighted by Gasteiger charge is 2.21. The zero-order chi connectivity index (χ0) is 16.4. The Bertz CT molecular complexity index is 473. The van der Waals surface area contributed by atoms with Gasteiger partial charge in [0.05, 0.1) is 0 Å². The van der Waals surface area contributed by atoms with Crippen molar-refractivity contribution in [2.75, 3.05) is 0 Å². The van der Waals surface area contributed by atoms with E-state index in [0.717, 1.165) is 23.2 Å². The van der Waals surface area contributed by atoms with Crippen LogP contribution in [0.3, 0.4) is 0 Å². The number of nitrogens with one attached hydrogen (secondary N) is 1. The van der Waals surface area contributed by atoms with E-state index in [-0.39, 0.29) is 6.17 Å². The molecule has 1 aromatic rings. The summed E-state index contributed by atoms with van der Waals surface area (Å²) in [7, 11) is 0. The Hall–Kier alpha value is -1.54. The van der Waals surface area contributed by atoms with Crippen LogP contribution in [-0.4, -0.2) is 0 Å². The van der Waals surface area contributed by atoms with Crippen LogP contribution in [-0.2, 0) is 0 Å². The number of nitrogens with two attached hydrogens (primary N) is 1. The highest BCUT2D eigenvalue weighted by Crippen LogP contribution is 2.31. The molecule has 1 aromatic carbocycles. The Balaban J connectivity index is 0.000000713. The number of rotatable bonds is 2. The summed E-state index contributed by atoms with van der Waals surface area (Å²) in [4.78, 5) is 0. The van der Waals surface area contributed by atoms with Crippen molar-refractivity contribution < 1.29 is 0 Å². The van der Waals surface area contributed by atoms with Gasteiger partial charge in [0.25, 0.3) is 0 Å². The number of hydrogen-bond acceptors (Lipinski definition) is 2. The lowest BCUT2D eigenvalue weighted by Gasteiger charge is -2.07. The van der Waals surface area contributed by atoms with Crippen molar-refractivity contribution in [3.63, 3.8) is 0 Å². The van der Waals surface area contributed by atoms with E-state index in [1.165, 1.54) is 17.5 Å². The number of aryl methyl sites for hydroxylation is 1. The number of hydrogen-bond donors (Lipinski definition) is 2. The molecule has 0 saturated carbocycles. The Morgan fingerprint density at radius 1 is 1.24 bits per heavy atom. The minimum absolute atomic E-state index is 0.114. The molecule has 3 N–H and O–H groups in total. The summed E-state index contributed by atoms with van der Waals surface area (Å²) in [6.45, 7) is 16.5. The summed E-state index contributed by atoms with van der Waals surface area (Å²) < 4.78 is 0. The maximum absolute atomic E-state index is 5.99. The van der Waals surface area contributed by atoms with Gasteiger partial charge in [-0.3, -0.25) is 0 Å². The van der Waals surface area contributed by atoms with Crippen LogP contribution >= 0.6 is 0 Å². The lowest BCUT2D eigenvalue weighted by molar-refractivity contribution is 0.699. The quantitative estimate of drug-likeness (QED) is 0.765. The highest BCUT2D eigenvalue weighted by molar-refractivity contribution is 5.73. The SMILES string of the molecule is C=C1NC(N)c2cc(/C=C\CC)c(C)cc21.CC.CCC. The van der Waals surface area contributed by atoms with Gasteiger partial charge in [-0.05, 0) is 42.2 Å². The molecule has 2 heteroatoms. The number of allylic oxidation sites excluding steroid dienone is 1.